The number of alkyl halides is 3. The minimum Gasteiger partial charge on any atom is -0.444 e. The Morgan fingerprint density at radius 2 is 1.61 bits per heavy atom. The van der Waals surface area contributed by atoms with Gasteiger partial charge in [0.15, 0.2) is 0 Å². The molecular weight excluding hydrogens is 381 g/mol. The molecule has 160 valence electrons. The largest absolute Gasteiger partial charge is 0.471 e. The number of nitrogens with one attached hydrogen (secondary N) is 1. The van der Waals surface area contributed by atoms with Gasteiger partial charge in [0.05, 0.1) is 6.04 Å². The summed E-state index contributed by atoms with van der Waals surface area (Å²) < 4.78 is 42.4. The van der Waals surface area contributed by atoms with Gasteiger partial charge in [-0.25, -0.2) is 9.59 Å². The summed E-state index contributed by atoms with van der Waals surface area (Å²) in [6.45, 7) is 6.37. The fourth-order valence-corrected chi connectivity index (χ4v) is 3.23. The number of urea groups is 1. The van der Waals surface area contributed by atoms with Gasteiger partial charge in [0.2, 0.25) is 0 Å². The molecule has 0 spiro atoms. The van der Waals surface area contributed by atoms with Crippen LogP contribution in [-0.2, 0) is 9.53 Å². The fourth-order valence-electron chi connectivity index (χ4n) is 3.23. The maximum absolute atomic E-state index is 12.6. The molecule has 2 heterocycles. The van der Waals surface area contributed by atoms with Crippen LogP contribution in [0.2, 0.25) is 0 Å². The predicted octanol–water partition coefficient (Wildman–Crippen LogP) is 1.80. The number of likely N-dealkylation sites (N-methyl/N-ethyl adjacent to an activating group) is 1. The van der Waals surface area contributed by atoms with Gasteiger partial charge < -0.3 is 24.8 Å². The van der Waals surface area contributed by atoms with E-state index in [4.69, 9.17) is 4.74 Å². The standard InChI is InChI=1S/C17H27F3N4O4/c1-16(2,3)28-15(27)22(4)12-6-8-24(10-12)14(26)23-7-5-11(9-23)21-13(25)17(18,19)20/h11-12H,5-10H2,1-4H3,(H,21,25). The van der Waals surface area contributed by atoms with E-state index in [9.17, 15) is 27.6 Å². The zero-order valence-electron chi connectivity index (χ0n) is 16.5. The van der Waals surface area contributed by atoms with Crippen molar-refractivity contribution in [2.75, 3.05) is 33.2 Å². The van der Waals surface area contributed by atoms with E-state index >= 15 is 0 Å². The number of halogens is 3. The van der Waals surface area contributed by atoms with E-state index in [1.807, 2.05) is 5.32 Å². The maximum Gasteiger partial charge on any atom is 0.471 e. The summed E-state index contributed by atoms with van der Waals surface area (Å²) in [5.41, 5.74) is -0.620. The number of hydrogen-bond acceptors (Lipinski definition) is 4. The normalized spacial score (nSPS) is 23.0. The van der Waals surface area contributed by atoms with E-state index in [1.165, 1.54) is 9.80 Å². The summed E-state index contributed by atoms with van der Waals surface area (Å²) in [7, 11) is 1.62. The Morgan fingerprint density at radius 1 is 1.04 bits per heavy atom. The van der Waals surface area contributed by atoms with Gasteiger partial charge in [0.1, 0.15) is 5.60 Å². The molecule has 2 unspecified atom stereocenters. The lowest BCUT2D eigenvalue weighted by molar-refractivity contribution is -0.174. The summed E-state index contributed by atoms with van der Waals surface area (Å²) in [4.78, 5) is 40.3. The third kappa shape index (κ3) is 5.65. The van der Waals surface area contributed by atoms with Gasteiger partial charge in [0.25, 0.3) is 0 Å². The Balaban J connectivity index is 1.84. The van der Waals surface area contributed by atoms with Gasteiger partial charge in [0, 0.05) is 39.3 Å². The van der Waals surface area contributed by atoms with Crippen molar-refractivity contribution in [3.8, 4) is 0 Å². The van der Waals surface area contributed by atoms with Crippen LogP contribution in [0.3, 0.4) is 0 Å². The molecule has 2 fully saturated rings. The van der Waals surface area contributed by atoms with Crippen molar-refractivity contribution in [3.63, 3.8) is 0 Å². The predicted molar refractivity (Wildman–Crippen MR) is 93.5 cm³/mol. The number of carbonyl (C=O) groups excluding carboxylic acids is 3. The smallest absolute Gasteiger partial charge is 0.444 e. The first-order valence-electron chi connectivity index (χ1n) is 9.15. The van der Waals surface area contributed by atoms with Crippen LogP contribution in [0.4, 0.5) is 22.8 Å². The van der Waals surface area contributed by atoms with Gasteiger partial charge in [-0.15, -0.1) is 0 Å². The number of hydrogen-bond donors (Lipinski definition) is 1. The van der Waals surface area contributed by atoms with Crippen LogP contribution in [0, 0.1) is 0 Å². The summed E-state index contributed by atoms with van der Waals surface area (Å²) in [5.74, 6) is -1.99. The molecule has 0 aliphatic carbocycles. The lowest BCUT2D eigenvalue weighted by atomic mass is 10.2. The van der Waals surface area contributed by atoms with Crippen LogP contribution < -0.4 is 5.32 Å². The van der Waals surface area contributed by atoms with Gasteiger partial charge in [-0.1, -0.05) is 0 Å². The molecule has 0 bridgehead atoms. The Bertz CT molecular complexity index is 621. The van der Waals surface area contributed by atoms with Crippen molar-refractivity contribution in [2.24, 2.45) is 0 Å². The molecular formula is C17H27F3N4O4. The minimum atomic E-state index is -4.94. The zero-order valence-corrected chi connectivity index (χ0v) is 16.5. The van der Waals surface area contributed by atoms with Crippen molar-refractivity contribution in [2.45, 2.75) is 57.5 Å². The number of amides is 4. The summed E-state index contributed by atoms with van der Waals surface area (Å²) in [5, 5.41) is 1.91. The first-order chi connectivity index (χ1) is 12.8. The van der Waals surface area contributed by atoms with Crippen LogP contribution in [-0.4, -0.2) is 89.8 Å². The van der Waals surface area contributed by atoms with Crippen LogP contribution >= 0.6 is 0 Å². The number of rotatable bonds is 2. The molecule has 8 nitrogen and oxygen atoms in total. The molecule has 2 aliphatic heterocycles. The summed E-state index contributed by atoms with van der Waals surface area (Å²) in [6.07, 6.45) is -4.55. The second kappa shape index (κ2) is 8.04. The second-order valence-electron chi connectivity index (χ2n) is 8.17. The molecule has 11 heteroatoms. The molecule has 0 saturated carbocycles. The molecule has 2 rings (SSSR count). The van der Waals surface area contributed by atoms with Crippen molar-refractivity contribution >= 4 is 18.0 Å². The van der Waals surface area contributed by atoms with Crippen LogP contribution in [0.15, 0.2) is 0 Å². The second-order valence-corrected chi connectivity index (χ2v) is 8.17. The van der Waals surface area contributed by atoms with Crippen molar-refractivity contribution < 1.29 is 32.3 Å². The Labute approximate surface area is 161 Å². The molecule has 1 N–H and O–H groups in total. The Hall–Kier alpha value is -2.20. The quantitative estimate of drug-likeness (QED) is 0.756. The number of likely N-dealkylation sites (tertiary alicyclic amines) is 2. The van der Waals surface area contributed by atoms with E-state index in [0.717, 1.165) is 0 Å². The molecule has 0 radical (unpaired) electrons. The third-order valence-electron chi connectivity index (χ3n) is 4.71. The Kier molecular flexibility index (Phi) is 6.34. The van der Waals surface area contributed by atoms with E-state index in [2.05, 4.69) is 0 Å². The molecule has 0 aromatic rings. The molecule has 2 saturated heterocycles. The van der Waals surface area contributed by atoms with Crippen molar-refractivity contribution in [1.29, 1.82) is 0 Å². The maximum atomic E-state index is 12.6. The highest BCUT2D eigenvalue weighted by Crippen LogP contribution is 2.21. The number of nitrogens with zero attached hydrogens (tertiary/aromatic N) is 3. The van der Waals surface area contributed by atoms with Gasteiger partial charge >= 0.3 is 24.2 Å². The first-order valence-corrected chi connectivity index (χ1v) is 9.15. The average Bonchev–Trinajstić information content (AvgIpc) is 3.20. The third-order valence-corrected chi connectivity index (χ3v) is 4.71. The number of carbonyl (C=O) groups is 3. The molecule has 2 atom stereocenters. The molecule has 0 aromatic heterocycles. The highest BCUT2D eigenvalue weighted by molar-refractivity contribution is 5.82. The van der Waals surface area contributed by atoms with Gasteiger partial charge in [-0.05, 0) is 33.6 Å². The van der Waals surface area contributed by atoms with E-state index in [0.29, 0.717) is 19.5 Å². The van der Waals surface area contributed by atoms with Crippen LogP contribution in [0.1, 0.15) is 33.6 Å². The summed E-state index contributed by atoms with van der Waals surface area (Å²) >= 11 is 0. The lowest BCUT2D eigenvalue weighted by Gasteiger charge is -2.29. The minimum absolute atomic E-state index is 0.0315. The highest BCUT2D eigenvalue weighted by atomic mass is 19.4. The number of ether oxygens (including phenoxy) is 1. The van der Waals surface area contributed by atoms with E-state index in [-0.39, 0.29) is 31.6 Å². The van der Waals surface area contributed by atoms with Crippen LogP contribution in [0.5, 0.6) is 0 Å². The fraction of sp³-hybridized carbons (Fsp3) is 0.824. The van der Waals surface area contributed by atoms with Crippen molar-refractivity contribution in [1.82, 2.24) is 20.0 Å². The SMILES string of the molecule is CN(C(=O)OC(C)(C)C)C1CCN(C(=O)N2CCC(NC(=O)C(F)(F)F)C2)C1. The zero-order chi connectivity index (χ0) is 21.3. The average molecular weight is 408 g/mol. The molecule has 28 heavy (non-hydrogen) atoms. The van der Waals surface area contributed by atoms with E-state index < -0.39 is 29.8 Å². The first kappa shape index (κ1) is 22.1. The summed E-state index contributed by atoms with van der Waals surface area (Å²) in [6, 6.07) is -1.22. The monoisotopic (exact) mass is 408 g/mol. The molecule has 2 aliphatic rings. The molecule has 4 amide bonds. The topological polar surface area (TPSA) is 82.2 Å². The van der Waals surface area contributed by atoms with E-state index in [1.54, 1.807) is 32.7 Å². The highest BCUT2D eigenvalue weighted by Gasteiger charge is 2.42. The lowest BCUT2D eigenvalue weighted by Crippen LogP contribution is -2.47. The van der Waals surface area contributed by atoms with Crippen LogP contribution in [0.25, 0.3) is 0 Å². The molecule has 0 aromatic carbocycles. The Morgan fingerprint density at radius 3 is 2.18 bits per heavy atom. The van der Waals surface area contributed by atoms with Gasteiger partial charge in [-0.3, -0.25) is 4.79 Å². The van der Waals surface area contributed by atoms with Gasteiger partial charge in [-0.2, -0.15) is 13.2 Å². The van der Waals surface area contributed by atoms with Crippen molar-refractivity contribution in [3.05, 3.63) is 0 Å².